The van der Waals surface area contributed by atoms with Gasteiger partial charge in [-0.25, -0.2) is 4.79 Å². The van der Waals surface area contributed by atoms with Crippen LogP contribution in [-0.4, -0.2) is 30.1 Å². The average molecular weight is 449 g/mol. The van der Waals surface area contributed by atoms with E-state index in [1.54, 1.807) is 42.5 Å². The second kappa shape index (κ2) is 10.0. The zero-order chi connectivity index (χ0) is 22.3. The van der Waals surface area contributed by atoms with E-state index in [1.807, 2.05) is 30.3 Å². The Balaban J connectivity index is 1.25. The van der Waals surface area contributed by atoms with E-state index in [0.717, 1.165) is 10.5 Å². The Labute approximate surface area is 189 Å². The van der Waals surface area contributed by atoms with Gasteiger partial charge in [0.25, 0.3) is 5.91 Å². The summed E-state index contributed by atoms with van der Waals surface area (Å²) in [6.45, 7) is 0.0246. The zero-order valence-corrected chi connectivity index (χ0v) is 17.8. The van der Waals surface area contributed by atoms with Crippen molar-refractivity contribution in [3.63, 3.8) is 0 Å². The number of rotatable bonds is 7. The molecule has 3 aromatic carbocycles. The van der Waals surface area contributed by atoms with Crippen molar-refractivity contribution in [3.05, 3.63) is 83.9 Å². The van der Waals surface area contributed by atoms with Crippen molar-refractivity contribution in [3.8, 4) is 5.75 Å². The molecule has 32 heavy (non-hydrogen) atoms. The number of fused-ring (bicyclic) bond motifs is 1. The first-order valence-corrected chi connectivity index (χ1v) is 10.9. The summed E-state index contributed by atoms with van der Waals surface area (Å²) in [5.74, 6) is -0.202. The molecule has 162 valence electrons. The van der Waals surface area contributed by atoms with E-state index in [2.05, 4.69) is 10.6 Å². The summed E-state index contributed by atoms with van der Waals surface area (Å²) in [6, 6.07) is 21.7. The van der Waals surface area contributed by atoms with Crippen LogP contribution in [0.2, 0.25) is 0 Å². The molecule has 8 heteroatoms. The van der Waals surface area contributed by atoms with Crippen LogP contribution < -0.4 is 15.4 Å². The van der Waals surface area contributed by atoms with E-state index in [0.29, 0.717) is 29.5 Å². The second-order valence-electron chi connectivity index (χ2n) is 6.97. The van der Waals surface area contributed by atoms with Crippen LogP contribution in [0, 0.1) is 0 Å². The third-order valence-electron chi connectivity index (χ3n) is 4.57. The molecule has 0 aromatic heterocycles. The van der Waals surface area contributed by atoms with Crippen LogP contribution in [0.25, 0.3) is 0 Å². The number of hydrogen-bond donors (Lipinski definition) is 2. The fourth-order valence-electron chi connectivity index (χ4n) is 3.00. The molecule has 7 nitrogen and oxygen atoms in total. The lowest BCUT2D eigenvalue weighted by molar-refractivity contribution is -0.119. The minimum atomic E-state index is -0.641. The summed E-state index contributed by atoms with van der Waals surface area (Å²) in [6.07, 6.45) is 0. The van der Waals surface area contributed by atoms with Gasteiger partial charge in [0.1, 0.15) is 12.4 Å². The van der Waals surface area contributed by atoms with Gasteiger partial charge in [-0.1, -0.05) is 30.3 Å². The van der Waals surface area contributed by atoms with Gasteiger partial charge >= 0.3 is 5.97 Å². The number of carbonyl (C=O) groups excluding carboxylic acids is 3. The highest BCUT2D eigenvalue weighted by molar-refractivity contribution is 8.00. The minimum Gasteiger partial charge on any atom is -0.489 e. The number of anilines is 2. The molecule has 0 fully saturated rings. The summed E-state index contributed by atoms with van der Waals surface area (Å²) in [4.78, 5) is 36.8. The average Bonchev–Trinajstić information content (AvgIpc) is 2.82. The zero-order valence-electron chi connectivity index (χ0n) is 17.0. The number of thioether (sulfide) groups is 1. The molecule has 0 aliphatic carbocycles. The molecule has 0 unspecified atom stereocenters. The van der Waals surface area contributed by atoms with Crippen molar-refractivity contribution in [2.45, 2.75) is 11.5 Å². The smallest absolute Gasteiger partial charge is 0.338 e. The highest BCUT2D eigenvalue weighted by Gasteiger charge is 2.18. The van der Waals surface area contributed by atoms with Gasteiger partial charge in [-0.3, -0.25) is 9.59 Å². The predicted octanol–water partition coefficient (Wildman–Crippen LogP) is 4.11. The van der Waals surface area contributed by atoms with Gasteiger partial charge in [0.05, 0.1) is 17.0 Å². The quantitative estimate of drug-likeness (QED) is 0.529. The van der Waals surface area contributed by atoms with Crippen LogP contribution in [-0.2, 0) is 20.9 Å². The van der Waals surface area contributed by atoms with Crippen molar-refractivity contribution in [1.82, 2.24) is 0 Å². The lowest BCUT2D eigenvalue weighted by Crippen LogP contribution is -2.21. The first-order valence-electron chi connectivity index (χ1n) is 9.87. The molecule has 0 spiro atoms. The third kappa shape index (κ3) is 5.67. The molecule has 1 heterocycles. The molecule has 4 rings (SSSR count). The Kier molecular flexibility index (Phi) is 6.72. The van der Waals surface area contributed by atoms with E-state index < -0.39 is 18.5 Å². The Hall–Kier alpha value is -3.78. The first kappa shape index (κ1) is 21.5. The van der Waals surface area contributed by atoms with Gasteiger partial charge in [0, 0.05) is 10.6 Å². The summed E-state index contributed by atoms with van der Waals surface area (Å²) in [5, 5.41) is 5.39. The third-order valence-corrected chi connectivity index (χ3v) is 5.64. The number of benzene rings is 3. The molecular formula is C24H20N2O5S. The van der Waals surface area contributed by atoms with E-state index in [1.165, 1.54) is 11.8 Å². The van der Waals surface area contributed by atoms with Gasteiger partial charge in [-0.2, -0.15) is 0 Å². The van der Waals surface area contributed by atoms with Crippen molar-refractivity contribution in [1.29, 1.82) is 0 Å². The largest absolute Gasteiger partial charge is 0.489 e. The lowest BCUT2D eigenvalue weighted by Gasteiger charge is -2.16. The summed E-state index contributed by atoms with van der Waals surface area (Å²) >= 11 is 1.40. The maximum atomic E-state index is 12.3. The summed E-state index contributed by atoms with van der Waals surface area (Å²) < 4.78 is 10.8. The van der Waals surface area contributed by atoms with Crippen molar-refractivity contribution in [2.24, 2.45) is 0 Å². The highest BCUT2D eigenvalue weighted by Crippen LogP contribution is 2.32. The van der Waals surface area contributed by atoms with Gasteiger partial charge in [-0.05, 0) is 48.0 Å². The number of carbonyl (C=O) groups is 3. The van der Waals surface area contributed by atoms with Crippen LogP contribution in [0.15, 0.2) is 77.7 Å². The second-order valence-corrected chi connectivity index (χ2v) is 7.99. The topological polar surface area (TPSA) is 93.7 Å². The summed E-state index contributed by atoms with van der Waals surface area (Å²) in [5.41, 5.74) is 2.46. The maximum Gasteiger partial charge on any atom is 0.338 e. The molecule has 0 radical (unpaired) electrons. The molecule has 1 aliphatic heterocycles. The van der Waals surface area contributed by atoms with Crippen molar-refractivity contribution >= 4 is 40.9 Å². The number of esters is 1. The molecular weight excluding hydrogens is 428 g/mol. The highest BCUT2D eigenvalue weighted by atomic mass is 32.2. The van der Waals surface area contributed by atoms with E-state index >= 15 is 0 Å². The van der Waals surface area contributed by atoms with Crippen LogP contribution in [0.5, 0.6) is 5.75 Å². The number of hydrogen-bond acceptors (Lipinski definition) is 6. The minimum absolute atomic E-state index is 0.121. The van der Waals surface area contributed by atoms with Gasteiger partial charge in [0.2, 0.25) is 5.91 Å². The Morgan fingerprint density at radius 3 is 2.56 bits per heavy atom. The fourth-order valence-corrected chi connectivity index (χ4v) is 3.79. The van der Waals surface area contributed by atoms with E-state index in [-0.39, 0.29) is 11.5 Å². The van der Waals surface area contributed by atoms with E-state index in [4.69, 9.17) is 9.47 Å². The number of ether oxygens (including phenoxy) is 2. The lowest BCUT2D eigenvalue weighted by atomic mass is 10.2. The van der Waals surface area contributed by atoms with Gasteiger partial charge in [0.15, 0.2) is 6.61 Å². The molecule has 0 saturated carbocycles. The summed E-state index contributed by atoms with van der Waals surface area (Å²) in [7, 11) is 0. The normalized spacial score (nSPS) is 12.3. The molecule has 3 aromatic rings. The maximum absolute atomic E-state index is 12.3. The Morgan fingerprint density at radius 2 is 1.78 bits per heavy atom. The van der Waals surface area contributed by atoms with Crippen molar-refractivity contribution < 1.29 is 23.9 Å². The number of nitrogens with one attached hydrogen (secondary N) is 2. The molecule has 1 aliphatic rings. The molecule has 0 atom stereocenters. The Morgan fingerprint density at radius 1 is 1.00 bits per heavy atom. The first-order chi connectivity index (χ1) is 15.6. The fraction of sp³-hybridized carbons (Fsp3) is 0.125. The molecule has 2 amide bonds. The van der Waals surface area contributed by atoms with Crippen LogP contribution in [0.3, 0.4) is 0 Å². The number of amides is 2. The Bertz CT molecular complexity index is 1130. The molecule has 2 N–H and O–H groups in total. The van der Waals surface area contributed by atoms with Gasteiger partial charge < -0.3 is 20.1 Å². The van der Waals surface area contributed by atoms with Gasteiger partial charge in [-0.15, -0.1) is 11.8 Å². The molecule has 0 saturated heterocycles. The van der Waals surface area contributed by atoms with Crippen LogP contribution >= 0.6 is 11.8 Å². The predicted molar refractivity (Wildman–Crippen MR) is 122 cm³/mol. The van der Waals surface area contributed by atoms with Crippen LogP contribution in [0.4, 0.5) is 11.4 Å². The standard InChI is InChI=1S/C24H20N2O5S/c27-22(14-31-24(29)17-6-11-21-20(12-17)26-23(28)15-32-21)25-18-7-9-19(10-8-18)30-13-16-4-2-1-3-5-16/h1-12H,13-15H2,(H,25,27)(H,26,28). The van der Waals surface area contributed by atoms with E-state index in [9.17, 15) is 14.4 Å². The van der Waals surface area contributed by atoms with Crippen molar-refractivity contribution in [2.75, 3.05) is 23.0 Å². The van der Waals surface area contributed by atoms with Crippen LogP contribution in [0.1, 0.15) is 15.9 Å². The SMILES string of the molecule is O=C(COC(=O)c1ccc2c(c1)NC(=O)CS2)Nc1ccc(OCc2ccccc2)cc1. The monoisotopic (exact) mass is 448 g/mol. The molecule has 0 bridgehead atoms.